The molecular weight excluding hydrogens is 306 g/mol. The Hall–Kier alpha value is -1.93. The second kappa shape index (κ2) is 6.45. The van der Waals surface area contributed by atoms with E-state index in [-0.39, 0.29) is 25.0 Å². The number of morpholine rings is 1. The Labute approximate surface area is 131 Å². The molecule has 0 saturated carbocycles. The zero-order valence-corrected chi connectivity index (χ0v) is 13.0. The van der Waals surface area contributed by atoms with Crippen LogP contribution in [0.2, 0.25) is 0 Å². The first kappa shape index (κ1) is 15.0. The van der Waals surface area contributed by atoms with Crippen molar-refractivity contribution in [3.05, 3.63) is 28.1 Å². The molecule has 0 bridgehead atoms. The van der Waals surface area contributed by atoms with Crippen LogP contribution >= 0.6 is 11.3 Å². The number of nitrogens with zero attached hydrogens (tertiary/aromatic N) is 3. The Morgan fingerprint density at radius 2 is 2.41 bits per heavy atom. The fourth-order valence-corrected chi connectivity index (χ4v) is 3.00. The van der Waals surface area contributed by atoms with E-state index in [9.17, 15) is 9.59 Å². The summed E-state index contributed by atoms with van der Waals surface area (Å²) in [4.78, 5) is 26.5. The quantitative estimate of drug-likeness (QED) is 0.845. The maximum atomic E-state index is 12.2. The van der Waals surface area contributed by atoms with Gasteiger partial charge in [0.15, 0.2) is 0 Å². The molecule has 1 amide bonds. The number of rotatable bonds is 4. The molecule has 0 aromatic carbocycles. The number of carbonyl (C=O) groups is 1. The van der Waals surface area contributed by atoms with E-state index in [4.69, 9.17) is 9.15 Å². The van der Waals surface area contributed by atoms with Crippen molar-refractivity contribution in [2.45, 2.75) is 26.0 Å². The molecule has 0 spiro atoms. The van der Waals surface area contributed by atoms with Gasteiger partial charge in [-0.1, -0.05) is 6.07 Å². The number of thiophene rings is 1. The van der Waals surface area contributed by atoms with Gasteiger partial charge < -0.3 is 14.1 Å². The van der Waals surface area contributed by atoms with Crippen molar-refractivity contribution in [1.29, 1.82) is 0 Å². The zero-order chi connectivity index (χ0) is 15.5. The summed E-state index contributed by atoms with van der Waals surface area (Å²) in [6.07, 6.45) is 0.279. The van der Waals surface area contributed by atoms with Crippen LogP contribution in [0.25, 0.3) is 10.8 Å². The molecule has 22 heavy (non-hydrogen) atoms. The number of aryl methyl sites for hydroxylation is 1. The standard InChI is InChI=1S/C14H17N3O4S/c1-10-9-16(6-7-20-10)12(18)4-5-17-14(19)21-13(15-17)11-3-2-8-22-11/h2-3,8,10H,4-7,9H2,1H3. The summed E-state index contributed by atoms with van der Waals surface area (Å²) < 4.78 is 11.7. The van der Waals surface area contributed by atoms with Crippen molar-refractivity contribution in [3.8, 4) is 10.8 Å². The molecule has 0 N–H and O–H groups in total. The van der Waals surface area contributed by atoms with Crippen LogP contribution in [0.15, 0.2) is 26.7 Å². The van der Waals surface area contributed by atoms with E-state index in [1.165, 1.54) is 16.0 Å². The van der Waals surface area contributed by atoms with Crippen molar-refractivity contribution in [2.24, 2.45) is 0 Å². The molecule has 1 fully saturated rings. The van der Waals surface area contributed by atoms with E-state index in [1.807, 2.05) is 24.4 Å². The van der Waals surface area contributed by atoms with Crippen molar-refractivity contribution < 1.29 is 13.9 Å². The fraction of sp³-hybridized carbons (Fsp3) is 0.500. The minimum atomic E-state index is -0.536. The first-order chi connectivity index (χ1) is 10.6. The summed E-state index contributed by atoms with van der Waals surface area (Å²) in [6.45, 7) is 3.90. The Bertz CT molecular complexity index is 691. The molecular formula is C14H17N3O4S. The van der Waals surface area contributed by atoms with Gasteiger partial charge in [0.25, 0.3) is 5.89 Å². The summed E-state index contributed by atoms with van der Waals surface area (Å²) in [5, 5.41) is 6.02. The predicted octanol–water partition coefficient (Wildman–Crippen LogP) is 1.20. The average Bonchev–Trinajstić information content (AvgIpc) is 3.14. The Kier molecular flexibility index (Phi) is 4.39. The van der Waals surface area contributed by atoms with Gasteiger partial charge in [0.1, 0.15) is 0 Å². The highest BCUT2D eigenvalue weighted by atomic mass is 32.1. The monoisotopic (exact) mass is 323 g/mol. The number of aromatic nitrogens is 2. The fourth-order valence-electron chi connectivity index (χ4n) is 2.35. The van der Waals surface area contributed by atoms with E-state index in [0.29, 0.717) is 25.6 Å². The molecule has 118 valence electrons. The first-order valence-corrected chi connectivity index (χ1v) is 8.02. The molecule has 1 aliphatic rings. The van der Waals surface area contributed by atoms with Gasteiger partial charge in [-0.2, -0.15) is 4.68 Å². The highest BCUT2D eigenvalue weighted by Gasteiger charge is 2.21. The molecule has 8 heteroatoms. The van der Waals surface area contributed by atoms with E-state index < -0.39 is 5.76 Å². The molecule has 1 aliphatic heterocycles. The Balaban J connectivity index is 1.62. The minimum Gasteiger partial charge on any atom is -0.387 e. The van der Waals surface area contributed by atoms with Crippen LogP contribution in [0.1, 0.15) is 13.3 Å². The van der Waals surface area contributed by atoms with Gasteiger partial charge in [0.2, 0.25) is 5.91 Å². The molecule has 0 radical (unpaired) electrons. The molecule has 3 heterocycles. The van der Waals surface area contributed by atoms with E-state index >= 15 is 0 Å². The summed E-state index contributed by atoms with van der Waals surface area (Å²) in [5.74, 6) is -0.235. The van der Waals surface area contributed by atoms with Crippen LogP contribution in [0, 0.1) is 0 Å². The third-order valence-electron chi connectivity index (χ3n) is 3.47. The third kappa shape index (κ3) is 3.28. The number of amides is 1. The second-order valence-electron chi connectivity index (χ2n) is 5.14. The lowest BCUT2D eigenvalue weighted by molar-refractivity contribution is -0.138. The van der Waals surface area contributed by atoms with Gasteiger partial charge in [0, 0.05) is 19.5 Å². The molecule has 3 rings (SSSR count). The maximum absolute atomic E-state index is 12.2. The van der Waals surface area contributed by atoms with Crippen molar-refractivity contribution in [3.63, 3.8) is 0 Å². The lowest BCUT2D eigenvalue weighted by Crippen LogP contribution is -2.44. The normalized spacial score (nSPS) is 18.6. The number of ether oxygens (including phenoxy) is 1. The van der Waals surface area contributed by atoms with E-state index in [2.05, 4.69) is 5.10 Å². The molecule has 2 aromatic heterocycles. The van der Waals surface area contributed by atoms with Crippen LogP contribution in [0.4, 0.5) is 0 Å². The van der Waals surface area contributed by atoms with E-state index in [1.54, 1.807) is 4.90 Å². The van der Waals surface area contributed by atoms with Crippen molar-refractivity contribution in [1.82, 2.24) is 14.7 Å². The molecule has 7 nitrogen and oxygen atoms in total. The number of hydrogen-bond acceptors (Lipinski definition) is 6. The highest BCUT2D eigenvalue weighted by Crippen LogP contribution is 2.21. The van der Waals surface area contributed by atoms with Crippen LogP contribution in [-0.4, -0.2) is 46.4 Å². The SMILES string of the molecule is CC1CN(C(=O)CCn2nc(-c3cccs3)oc2=O)CCO1. The smallest absolute Gasteiger partial charge is 0.387 e. The lowest BCUT2D eigenvalue weighted by Gasteiger charge is -2.31. The first-order valence-electron chi connectivity index (χ1n) is 7.14. The molecule has 2 aromatic rings. The minimum absolute atomic E-state index is 0.00252. The zero-order valence-electron chi connectivity index (χ0n) is 12.2. The van der Waals surface area contributed by atoms with Crippen LogP contribution in [0.5, 0.6) is 0 Å². The highest BCUT2D eigenvalue weighted by molar-refractivity contribution is 7.13. The van der Waals surface area contributed by atoms with Gasteiger partial charge in [0.05, 0.1) is 24.1 Å². The Morgan fingerprint density at radius 3 is 3.14 bits per heavy atom. The summed E-state index contributed by atoms with van der Waals surface area (Å²) in [5.41, 5.74) is 0. The topological polar surface area (TPSA) is 77.6 Å². The molecule has 1 saturated heterocycles. The maximum Gasteiger partial charge on any atom is 0.437 e. The van der Waals surface area contributed by atoms with Gasteiger partial charge in [-0.3, -0.25) is 4.79 Å². The van der Waals surface area contributed by atoms with Gasteiger partial charge in [-0.25, -0.2) is 4.79 Å². The number of hydrogen-bond donors (Lipinski definition) is 0. The molecule has 0 aliphatic carbocycles. The second-order valence-corrected chi connectivity index (χ2v) is 6.09. The van der Waals surface area contributed by atoms with Crippen molar-refractivity contribution >= 4 is 17.2 Å². The van der Waals surface area contributed by atoms with Crippen LogP contribution in [0.3, 0.4) is 0 Å². The predicted molar refractivity (Wildman–Crippen MR) is 80.7 cm³/mol. The summed E-state index contributed by atoms with van der Waals surface area (Å²) in [6, 6.07) is 3.70. The van der Waals surface area contributed by atoms with Gasteiger partial charge >= 0.3 is 5.76 Å². The molecule has 1 atom stereocenters. The van der Waals surface area contributed by atoms with E-state index in [0.717, 1.165) is 4.88 Å². The lowest BCUT2D eigenvalue weighted by atomic mass is 10.2. The van der Waals surface area contributed by atoms with Gasteiger partial charge in [-0.05, 0) is 18.4 Å². The summed E-state index contributed by atoms with van der Waals surface area (Å²) in [7, 11) is 0. The van der Waals surface area contributed by atoms with Crippen LogP contribution in [-0.2, 0) is 16.1 Å². The Morgan fingerprint density at radius 1 is 1.55 bits per heavy atom. The third-order valence-corrected chi connectivity index (χ3v) is 4.33. The molecule has 1 unspecified atom stereocenters. The van der Waals surface area contributed by atoms with Gasteiger partial charge in [-0.15, -0.1) is 16.4 Å². The largest absolute Gasteiger partial charge is 0.437 e. The average molecular weight is 323 g/mol. The van der Waals surface area contributed by atoms with Crippen LogP contribution < -0.4 is 5.76 Å². The van der Waals surface area contributed by atoms with Crippen molar-refractivity contribution in [2.75, 3.05) is 19.7 Å². The summed E-state index contributed by atoms with van der Waals surface area (Å²) >= 11 is 1.45. The number of carbonyl (C=O) groups excluding carboxylic acids is 1.